The van der Waals surface area contributed by atoms with E-state index in [-0.39, 0.29) is 0 Å². The summed E-state index contributed by atoms with van der Waals surface area (Å²) in [4.78, 5) is 0. The van der Waals surface area contributed by atoms with Crippen LogP contribution in [0.15, 0.2) is 79.0 Å². The molecule has 0 atom stereocenters. The maximum absolute atomic E-state index is 9.01. The molecular weight excluding hydrogens is 354 g/mol. The molecule has 1 heterocycles. The Bertz CT molecular complexity index is 1050. The van der Waals surface area contributed by atoms with Gasteiger partial charge in [0, 0.05) is 22.3 Å². The van der Waals surface area contributed by atoms with Gasteiger partial charge >= 0.3 is 0 Å². The quantitative estimate of drug-likeness (QED) is 0.441. The summed E-state index contributed by atoms with van der Waals surface area (Å²) in [6.45, 7) is 2.07. The Labute approximate surface area is 163 Å². The normalized spacial score (nSPS) is 10.6. The zero-order valence-corrected chi connectivity index (χ0v) is 15.5. The number of hydrogen-bond acceptors (Lipinski definition) is 2. The number of aryl methyl sites for hydroxylation is 1. The van der Waals surface area contributed by atoms with Crippen molar-refractivity contribution in [1.82, 2.24) is 9.78 Å². The van der Waals surface area contributed by atoms with E-state index in [2.05, 4.69) is 37.3 Å². The lowest BCUT2D eigenvalue weighted by Gasteiger charge is -2.03. The van der Waals surface area contributed by atoms with Crippen LogP contribution in [0.25, 0.3) is 28.1 Å². The molecule has 4 rings (SSSR count). The highest BCUT2D eigenvalue weighted by Gasteiger charge is 2.14. The third kappa shape index (κ3) is 3.48. The Morgan fingerprint density at radius 1 is 0.852 bits per heavy atom. The van der Waals surface area contributed by atoms with Crippen LogP contribution >= 0.6 is 11.6 Å². The Balaban J connectivity index is 1.87. The highest BCUT2D eigenvalue weighted by molar-refractivity contribution is 6.30. The molecule has 4 aromatic rings. The Morgan fingerprint density at radius 3 is 2.11 bits per heavy atom. The highest BCUT2D eigenvalue weighted by Crippen LogP contribution is 2.32. The Hall–Kier alpha value is -3.35. The third-order valence-electron chi connectivity index (χ3n) is 4.46. The van der Waals surface area contributed by atoms with Crippen LogP contribution in [-0.2, 0) is 0 Å². The number of aromatic nitrogens is 2. The van der Waals surface area contributed by atoms with Crippen LogP contribution in [0.2, 0.25) is 5.02 Å². The summed E-state index contributed by atoms with van der Waals surface area (Å²) in [6, 6.07) is 25.6. The van der Waals surface area contributed by atoms with Crippen LogP contribution < -0.4 is 0 Å². The van der Waals surface area contributed by atoms with Crippen LogP contribution in [0.1, 0.15) is 11.1 Å². The van der Waals surface area contributed by atoms with Crippen molar-refractivity contribution in [3.63, 3.8) is 0 Å². The lowest BCUT2D eigenvalue weighted by molar-refractivity contribution is 0.884. The van der Waals surface area contributed by atoms with E-state index in [1.165, 1.54) is 5.56 Å². The molecule has 0 radical (unpaired) electrons. The average molecular weight is 370 g/mol. The van der Waals surface area contributed by atoms with Gasteiger partial charge in [-0.1, -0.05) is 53.6 Å². The summed E-state index contributed by atoms with van der Waals surface area (Å²) in [7, 11) is 0. The van der Waals surface area contributed by atoms with Gasteiger partial charge in [-0.3, -0.25) is 0 Å². The summed E-state index contributed by atoms with van der Waals surface area (Å²) in [5.74, 6) is 0. The minimum Gasteiger partial charge on any atom is -0.240 e. The molecule has 0 saturated carbocycles. The monoisotopic (exact) mass is 369 g/mol. The molecule has 130 valence electrons. The molecule has 0 saturated heterocycles. The van der Waals surface area contributed by atoms with Crippen molar-refractivity contribution in [3.05, 3.63) is 95.1 Å². The zero-order valence-electron chi connectivity index (χ0n) is 14.7. The molecule has 0 bridgehead atoms. The van der Waals surface area contributed by atoms with E-state index in [1.54, 1.807) is 12.1 Å². The number of nitriles is 1. The molecule has 0 aliphatic rings. The van der Waals surface area contributed by atoms with E-state index in [1.807, 2.05) is 47.3 Å². The number of hydrogen-bond donors (Lipinski definition) is 0. The molecule has 0 spiro atoms. The van der Waals surface area contributed by atoms with Crippen LogP contribution in [0.5, 0.6) is 0 Å². The van der Waals surface area contributed by atoms with Crippen LogP contribution in [0.4, 0.5) is 0 Å². The van der Waals surface area contributed by atoms with Gasteiger partial charge in [0.25, 0.3) is 0 Å². The first-order valence-electron chi connectivity index (χ1n) is 8.57. The van der Waals surface area contributed by atoms with Gasteiger partial charge < -0.3 is 0 Å². The van der Waals surface area contributed by atoms with Gasteiger partial charge in [-0.15, -0.1) is 0 Å². The van der Waals surface area contributed by atoms with E-state index in [0.29, 0.717) is 10.6 Å². The Morgan fingerprint density at radius 2 is 1.48 bits per heavy atom. The Kier molecular flexibility index (Phi) is 4.50. The predicted octanol–water partition coefficient (Wildman–Crippen LogP) is 6.04. The van der Waals surface area contributed by atoms with Gasteiger partial charge in [-0.2, -0.15) is 10.4 Å². The van der Waals surface area contributed by atoms with E-state index in [4.69, 9.17) is 22.0 Å². The SMILES string of the molecule is Cc1ccc(-c2cn(-c3ccc(C#N)cc3)nc2-c2ccc(Cl)cc2)cc1. The van der Waals surface area contributed by atoms with E-state index in [0.717, 1.165) is 28.1 Å². The van der Waals surface area contributed by atoms with E-state index >= 15 is 0 Å². The van der Waals surface area contributed by atoms with Crippen LogP contribution in [0, 0.1) is 18.3 Å². The van der Waals surface area contributed by atoms with Gasteiger partial charge in [-0.25, -0.2) is 4.68 Å². The first-order chi connectivity index (χ1) is 13.1. The number of nitrogens with zero attached hydrogens (tertiary/aromatic N) is 3. The molecule has 3 nitrogen and oxygen atoms in total. The second kappa shape index (κ2) is 7.11. The smallest absolute Gasteiger partial charge is 0.101 e. The fourth-order valence-electron chi connectivity index (χ4n) is 2.96. The van der Waals surface area contributed by atoms with Crippen molar-refractivity contribution in [2.75, 3.05) is 0 Å². The first-order valence-corrected chi connectivity index (χ1v) is 8.95. The summed E-state index contributed by atoms with van der Waals surface area (Å²) in [5.41, 5.74) is 6.78. The summed E-state index contributed by atoms with van der Waals surface area (Å²) in [5, 5.41) is 14.5. The van der Waals surface area contributed by atoms with Crippen molar-refractivity contribution in [2.45, 2.75) is 6.92 Å². The molecule has 4 heteroatoms. The van der Waals surface area contributed by atoms with Gasteiger partial charge in [0.15, 0.2) is 0 Å². The molecule has 0 amide bonds. The highest BCUT2D eigenvalue weighted by atomic mass is 35.5. The maximum Gasteiger partial charge on any atom is 0.101 e. The van der Waals surface area contributed by atoms with Crippen LogP contribution in [0.3, 0.4) is 0 Å². The summed E-state index contributed by atoms with van der Waals surface area (Å²) < 4.78 is 1.85. The zero-order chi connectivity index (χ0) is 18.8. The number of rotatable bonds is 3. The summed E-state index contributed by atoms with van der Waals surface area (Å²) >= 11 is 6.05. The van der Waals surface area contributed by atoms with Crippen molar-refractivity contribution < 1.29 is 0 Å². The van der Waals surface area contributed by atoms with Gasteiger partial charge in [0.1, 0.15) is 5.69 Å². The van der Waals surface area contributed by atoms with Gasteiger partial charge in [0.2, 0.25) is 0 Å². The lowest BCUT2D eigenvalue weighted by Crippen LogP contribution is -1.94. The molecule has 1 aromatic heterocycles. The summed E-state index contributed by atoms with van der Waals surface area (Å²) in [6.07, 6.45) is 2.02. The number of benzene rings is 3. The van der Waals surface area contributed by atoms with Crippen molar-refractivity contribution >= 4 is 11.6 Å². The van der Waals surface area contributed by atoms with Crippen molar-refractivity contribution in [3.8, 4) is 34.1 Å². The van der Waals surface area contributed by atoms with Gasteiger partial charge in [-0.05, 0) is 48.9 Å². The second-order valence-electron chi connectivity index (χ2n) is 6.37. The van der Waals surface area contributed by atoms with E-state index < -0.39 is 0 Å². The fraction of sp³-hybridized carbons (Fsp3) is 0.0435. The molecule has 0 aliphatic carbocycles. The molecular formula is C23H16ClN3. The lowest BCUT2D eigenvalue weighted by atomic mass is 10.0. The topological polar surface area (TPSA) is 41.6 Å². The molecule has 0 aliphatic heterocycles. The molecule has 0 N–H and O–H groups in total. The number of halogens is 1. The third-order valence-corrected chi connectivity index (χ3v) is 4.71. The molecule has 0 fully saturated rings. The second-order valence-corrected chi connectivity index (χ2v) is 6.80. The fourth-order valence-corrected chi connectivity index (χ4v) is 3.09. The minimum atomic E-state index is 0.627. The largest absolute Gasteiger partial charge is 0.240 e. The average Bonchev–Trinajstić information content (AvgIpc) is 3.14. The van der Waals surface area contributed by atoms with Crippen molar-refractivity contribution in [2.24, 2.45) is 0 Å². The van der Waals surface area contributed by atoms with Crippen molar-refractivity contribution in [1.29, 1.82) is 5.26 Å². The maximum atomic E-state index is 9.01. The molecule has 27 heavy (non-hydrogen) atoms. The minimum absolute atomic E-state index is 0.627. The standard InChI is InChI=1S/C23H16ClN3/c1-16-2-6-18(7-3-16)22-15-27(21-12-4-17(14-25)5-13-21)26-23(22)19-8-10-20(24)11-9-19/h2-13,15H,1H3. The first kappa shape index (κ1) is 17.1. The van der Waals surface area contributed by atoms with Crippen LogP contribution in [-0.4, -0.2) is 9.78 Å². The van der Waals surface area contributed by atoms with Gasteiger partial charge in [0.05, 0.1) is 17.3 Å². The molecule has 3 aromatic carbocycles. The van der Waals surface area contributed by atoms with E-state index in [9.17, 15) is 0 Å². The predicted molar refractivity (Wildman–Crippen MR) is 109 cm³/mol. The molecule has 0 unspecified atom stereocenters.